The van der Waals surface area contributed by atoms with Crippen LogP contribution in [0.15, 0.2) is 54.6 Å². The zero-order valence-electron chi connectivity index (χ0n) is 14.6. The zero-order chi connectivity index (χ0) is 18.7. The summed E-state index contributed by atoms with van der Waals surface area (Å²) in [6.45, 7) is 3.85. The minimum absolute atomic E-state index is 0.247. The molecule has 0 unspecified atom stereocenters. The summed E-state index contributed by atoms with van der Waals surface area (Å²) in [7, 11) is 0. The van der Waals surface area contributed by atoms with E-state index in [4.69, 9.17) is 0 Å². The van der Waals surface area contributed by atoms with E-state index in [0.29, 0.717) is 11.1 Å². The van der Waals surface area contributed by atoms with Crippen molar-refractivity contribution in [1.82, 2.24) is 0 Å². The highest BCUT2D eigenvalue weighted by molar-refractivity contribution is 5.81. The smallest absolute Gasteiger partial charge is 0.166 e. The Morgan fingerprint density at radius 2 is 1.50 bits per heavy atom. The van der Waals surface area contributed by atoms with Crippen LogP contribution in [0.2, 0.25) is 0 Å². The van der Waals surface area contributed by atoms with Crippen LogP contribution in [0, 0.1) is 25.5 Å². The molecule has 0 bridgehead atoms. The standard InChI is InChI=1S/C23H18F2O/c1-15-9-10-17(14-26)13-19(15)12-11-18-5-3-6-20(16(18)2)21-7-4-8-22(24)23(21)25/h3-14H,1-2H3/b12-11+. The van der Waals surface area contributed by atoms with Gasteiger partial charge in [0.2, 0.25) is 0 Å². The number of aldehydes is 1. The summed E-state index contributed by atoms with van der Waals surface area (Å²) in [5.74, 6) is -1.70. The monoisotopic (exact) mass is 348 g/mol. The Kier molecular flexibility index (Phi) is 5.08. The van der Waals surface area contributed by atoms with Crippen molar-refractivity contribution in [3.8, 4) is 11.1 Å². The Hall–Kier alpha value is -3.07. The first kappa shape index (κ1) is 17.7. The molecule has 0 saturated carbocycles. The lowest BCUT2D eigenvalue weighted by Crippen LogP contribution is -1.93. The number of aryl methyl sites for hydroxylation is 1. The van der Waals surface area contributed by atoms with Crippen molar-refractivity contribution in [2.75, 3.05) is 0 Å². The molecule has 0 radical (unpaired) electrons. The highest BCUT2D eigenvalue weighted by atomic mass is 19.2. The van der Waals surface area contributed by atoms with Crippen LogP contribution in [0.5, 0.6) is 0 Å². The maximum absolute atomic E-state index is 14.2. The minimum atomic E-state index is -0.857. The van der Waals surface area contributed by atoms with Gasteiger partial charge in [0.05, 0.1) is 0 Å². The molecule has 0 N–H and O–H groups in total. The molecule has 3 rings (SSSR count). The number of benzene rings is 3. The SMILES string of the molecule is Cc1ccc(C=O)cc1/C=C/c1cccc(-c2cccc(F)c2F)c1C. The van der Waals surface area contributed by atoms with E-state index in [0.717, 1.165) is 34.6 Å². The highest BCUT2D eigenvalue weighted by Crippen LogP contribution is 2.30. The Labute approximate surface area is 151 Å². The third-order valence-electron chi connectivity index (χ3n) is 4.50. The van der Waals surface area contributed by atoms with Gasteiger partial charge in [-0.15, -0.1) is 0 Å². The van der Waals surface area contributed by atoms with Crippen LogP contribution in [-0.2, 0) is 0 Å². The van der Waals surface area contributed by atoms with Crippen molar-refractivity contribution in [2.45, 2.75) is 13.8 Å². The molecule has 130 valence electrons. The second-order valence-electron chi connectivity index (χ2n) is 6.19. The topological polar surface area (TPSA) is 17.1 Å². The van der Waals surface area contributed by atoms with Crippen LogP contribution in [0.1, 0.15) is 32.6 Å². The summed E-state index contributed by atoms with van der Waals surface area (Å²) in [4.78, 5) is 11.0. The summed E-state index contributed by atoms with van der Waals surface area (Å²) >= 11 is 0. The maximum Gasteiger partial charge on any atom is 0.166 e. The number of hydrogen-bond acceptors (Lipinski definition) is 1. The molecule has 0 spiro atoms. The highest BCUT2D eigenvalue weighted by Gasteiger charge is 2.12. The van der Waals surface area contributed by atoms with Gasteiger partial charge < -0.3 is 0 Å². The molecule has 0 atom stereocenters. The summed E-state index contributed by atoms with van der Waals surface area (Å²) in [6.07, 6.45) is 4.67. The fourth-order valence-electron chi connectivity index (χ4n) is 2.93. The summed E-state index contributed by atoms with van der Waals surface area (Å²) in [6, 6.07) is 15.2. The molecule has 0 heterocycles. The number of carbonyl (C=O) groups is 1. The van der Waals surface area contributed by atoms with Crippen LogP contribution in [0.4, 0.5) is 8.78 Å². The van der Waals surface area contributed by atoms with Crippen molar-refractivity contribution in [3.05, 3.63) is 94.0 Å². The molecule has 26 heavy (non-hydrogen) atoms. The molecule has 0 amide bonds. The van der Waals surface area contributed by atoms with E-state index in [1.165, 1.54) is 6.07 Å². The van der Waals surface area contributed by atoms with Crippen molar-refractivity contribution in [2.24, 2.45) is 0 Å². The average molecular weight is 348 g/mol. The molecule has 3 aromatic rings. The van der Waals surface area contributed by atoms with Crippen molar-refractivity contribution in [3.63, 3.8) is 0 Å². The van der Waals surface area contributed by atoms with E-state index in [9.17, 15) is 13.6 Å². The Bertz CT molecular complexity index is 1000. The molecule has 0 aliphatic heterocycles. The second-order valence-corrected chi connectivity index (χ2v) is 6.19. The third kappa shape index (κ3) is 3.47. The van der Waals surface area contributed by atoms with E-state index in [-0.39, 0.29) is 5.56 Å². The molecule has 0 aliphatic carbocycles. The summed E-state index contributed by atoms with van der Waals surface area (Å²) in [5, 5.41) is 0. The van der Waals surface area contributed by atoms with Crippen LogP contribution in [0.25, 0.3) is 23.3 Å². The number of hydrogen-bond donors (Lipinski definition) is 0. The van der Waals surface area contributed by atoms with E-state index in [1.54, 1.807) is 18.2 Å². The van der Waals surface area contributed by atoms with Gasteiger partial charge in [-0.2, -0.15) is 0 Å². The third-order valence-corrected chi connectivity index (χ3v) is 4.50. The van der Waals surface area contributed by atoms with E-state index in [2.05, 4.69) is 0 Å². The van der Waals surface area contributed by atoms with E-state index < -0.39 is 11.6 Å². The summed E-state index contributed by atoms with van der Waals surface area (Å²) in [5.41, 5.74) is 5.27. The summed E-state index contributed by atoms with van der Waals surface area (Å²) < 4.78 is 27.7. The molecule has 1 nitrogen and oxygen atoms in total. The average Bonchev–Trinajstić information content (AvgIpc) is 2.64. The van der Waals surface area contributed by atoms with Crippen LogP contribution in [0.3, 0.4) is 0 Å². The lowest BCUT2D eigenvalue weighted by molar-refractivity contribution is 0.112. The Morgan fingerprint density at radius 1 is 0.808 bits per heavy atom. The molecule has 0 saturated heterocycles. The van der Waals surface area contributed by atoms with Crippen molar-refractivity contribution in [1.29, 1.82) is 0 Å². The molecule has 3 heteroatoms. The molecule has 0 fully saturated rings. The zero-order valence-corrected chi connectivity index (χ0v) is 14.6. The maximum atomic E-state index is 14.2. The van der Waals surface area contributed by atoms with Gasteiger partial charge in [-0.1, -0.05) is 54.6 Å². The molecule has 3 aromatic carbocycles. The van der Waals surface area contributed by atoms with Gasteiger partial charge in [0, 0.05) is 11.1 Å². The van der Waals surface area contributed by atoms with Crippen molar-refractivity contribution >= 4 is 18.4 Å². The van der Waals surface area contributed by atoms with Gasteiger partial charge >= 0.3 is 0 Å². The normalized spacial score (nSPS) is 11.1. The Balaban J connectivity index is 2.03. The van der Waals surface area contributed by atoms with Crippen LogP contribution < -0.4 is 0 Å². The first-order chi connectivity index (χ1) is 12.5. The van der Waals surface area contributed by atoms with Crippen LogP contribution >= 0.6 is 0 Å². The van der Waals surface area contributed by atoms with Gasteiger partial charge in [-0.05, 0) is 53.8 Å². The largest absolute Gasteiger partial charge is 0.298 e. The quantitative estimate of drug-likeness (QED) is 0.403. The molecule has 0 aromatic heterocycles. The Morgan fingerprint density at radius 3 is 2.27 bits per heavy atom. The second kappa shape index (κ2) is 7.44. The van der Waals surface area contributed by atoms with Gasteiger partial charge in [-0.3, -0.25) is 4.79 Å². The predicted molar refractivity (Wildman–Crippen MR) is 102 cm³/mol. The molecule has 0 aliphatic rings. The molecular formula is C23H18F2O. The van der Waals surface area contributed by atoms with Gasteiger partial charge in [0.25, 0.3) is 0 Å². The van der Waals surface area contributed by atoms with Gasteiger partial charge in [0.15, 0.2) is 11.6 Å². The van der Waals surface area contributed by atoms with E-state index in [1.807, 2.05) is 50.3 Å². The van der Waals surface area contributed by atoms with E-state index >= 15 is 0 Å². The lowest BCUT2D eigenvalue weighted by atomic mass is 9.95. The predicted octanol–water partition coefficient (Wildman–Crippen LogP) is 6.23. The fraction of sp³-hybridized carbons (Fsp3) is 0.0870. The van der Waals surface area contributed by atoms with Gasteiger partial charge in [-0.25, -0.2) is 8.78 Å². The number of carbonyl (C=O) groups excluding carboxylic acids is 1. The fourth-order valence-corrected chi connectivity index (χ4v) is 2.93. The first-order valence-corrected chi connectivity index (χ1v) is 8.29. The minimum Gasteiger partial charge on any atom is -0.298 e. The van der Waals surface area contributed by atoms with Crippen LogP contribution in [-0.4, -0.2) is 6.29 Å². The lowest BCUT2D eigenvalue weighted by Gasteiger charge is -2.11. The number of rotatable bonds is 4. The van der Waals surface area contributed by atoms with Crippen molar-refractivity contribution < 1.29 is 13.6 Å². The molecular weight excluding hydrogens is 330 g/mol. The first-order valence-electron chi connectivity index (χ1n) is 8.29. The number of halogens is 2. The van der Waals surface area contributed by atoms with Gasteiger partial charge in [0.1, 0.15) is 6.29 Å².